The number of nitriles is 1. The predicted octanol–water partition coefficient (Wildman–Crippen LogP) is 3.41. The summed E-state index contributed by atoms with van der Waals surface area (Å²) in [6.07, 6.45) is 1.59. The Bertz CT molecular complexity index is 509. The second kappa shape index (κ2) is 4.82. The average Bonchev–Trinajstić information content (AvgIpc) is 2.33. The van der Waals surface area contributed by atoms with Gasteiger partial charge in [-0.2, -0.15) is 5.26 Å². The molecule has 3 heteroatoms. The van der Waals surface area contributed by atoms with Gasteiger partial charge in [0.2, 0.25) is 0 Å². The Kier molecular flexibility index (Phi) is 3.23. The zero-order valence-corrected chi connectivity index (χ0v) is 9.66. The summed E-state index contributed by atoms with van der Waals surface area (Å²) >= 11 is 1.59. The van der Waals surface area contributed by atoms with Gasteiger partial charge in [-0.3, -0.25) is 0 Å². The molecule has 0 saturated carbocycles. The maximum Gasteiger partial charge on any atom is 0.101 e. The third kappa shape index (κ3) is 2.62. The summed E-state index contributed by atoms with van der Waals surface area (Å²) < 4.78 is 0. The molecule has 0 unspecified atom stereocenters. The summed E-state index contributed by atoms with van der Waals surface area (Å²) in [6.45, 7) is 2.06. The molecule has 0 bridgehead atoms. The van der Waals surface area contributed by atoms with Gasteiger partial charge in [-0.05, 0) is 31.2 Å². The highest BCUT2D eigenvalue weighted by atomic mass is 32.2. The van der Waals surface area contributed by atoms with Crippen LogP contribution in [0.3, 0.4) is 0 Å². The molecule has 0 aliphatic carbocycles. The highest BCUT2D eigenvalue weighted by molar-refractivity contribution is 7.99. The quantitative estimate of drug-likeness (QED) is 0.787. The van der Waals surface area contributed by atoms with Crippen LogP contribution in [0, 0.1) is 18.3 Å². The van der Waals surface area contributed by atoms with E-state index in [1.165, 1.54) is 5.56 Å². The van der Waals surface area contributed by atoms with Crippen molar-refractivity contribution in [2.24, 2.45) is 0 Å². The first kappa shape index (κ1) is 10.7. The van der Waals surface area contributed by atoms with Gasteiger partial charge in [-0.15, -0.1) is 0 Å². The summed E-state index contributed by atoms with van der Waals surface area (Å²) in [6, 6.07) is 14.0. The van der Waals surface area contributed by atoms with Crippen LogP contribution in [0.4, 0.5) is 0 Å². The molecule has 16 heavy (non-hydrogen) atoms. The number of nitrogens with zero attached hydrogens (tertiary/aromatic N) is 2. The first-order chi connectivity index (χ1) is 7.78. The lowest BCUT2D eigenvalue weighted by atomic mass is 10.2. The molecule has 0 aliphatic rings. The van der Waals surface area contributed by atoms with Crippen LogP contribution in [-0.4, -0.2) is 4.98 Å². The SMILES string of the molecule is Cc1ccc(Sc2ccc(C#N)cn2)cc1. The van der Waals surface area contributed by atoms with Crippen molar-refractivity contribution in [3.8, 4) is 6.07 Å². The molecule has 0 N–H and O–H groups in total. The van der Waals surface area contributed by atoms with Crippen LogP contribution >= 0.6 is 11.8 Å². The van der Waals surface area contributed by atoms with Gasteiger partial charge in [0.15, 0.2) is 0 Å². The predicted molar refractivity (Wildman–Crippen MR) is 64.3 cm³/mol. The number of benzene rings is 1. The van der Waals surface area contributed by atoms with Crippen molar-refractivity contribution >= 4 is 11.8 Å². The van der Waals surface area contributed by atoms with E-state index >= 15 is 0 Å². The van der Waals surface area contributed by atoms with Crippen LogP contribution < -0.4 is 0 Å². The van der Waals surface area contributed by atoms with Gasteiger partial charge in [-0.1, -0.05) is 29.5 Å². The first-order valence-electron chi connectivity index (χ1n) is 4.88. The summed E-state index contributed by atoms with van der Waals surface area (Å²) in [4.78, 5) is 5.36. The Hall–Kier alpha value is -1.79. The van der Waals surface area contributed by atoms with Gasteiger partial charge in [0.05, 0.1) is 5.56 Å². The van der Waals surface area contributed by atoms with E-state index in [9.17, 15) is 0 Å². The van der Waals surface area contributed by atoms with Crippen LogP contribution in [-0.2, 0) is 0 Å². The molecule has 0 fully saturated rings. The molecule has 1 heterocycles. The van der Waals surface area contributed by atoms with Crippen molar-refractivity contribution in [2.75, 3.05) is 0 Å². The van der Waals surface area contributed by atoms with E-state index in [1.807, 2.05) is 6.07 Å². The maximum absolute atomic E-state index is 8.65. The summed E-state index contributed by atoms with van der Waals surface area (Å²) in [5.41, 5.74) is 1.84. The summed E-state index contributed by atoms with van der Waals surface area (Å²) in [7, 11) is 0. The van der Waals surface area contributed by atoms with Gasteiger partial charge in [0.1, 0.15) is 11.1 Å². The zero-order valence-electron chi connectivity index (χ0n) is 8.84. The molecule has 78 valence electrons. The monoisotopic (exact) mass is 226 g/mol. The molecule has 0 aliphatic heterocycles. The molecule has 0 radical (unpaired) electrons. The largest absolute Gasteiger partial charge is 0.248 e. The number of rotatable bonds is 2. The Morgan fingerprint density at radius 1 is 1.12 bits per heavy atom. The topological polar surface area (TPSA) is 36.7 Å². The number of aromatic nitrogens is 1. The zero-order chi connectivity index (χ0) is 11.4. The standard InChI is InChI=1S/C13H10N2S/c1-10-2-5-12(6-3-10)16-13-7-4-11(8-14)9-15-13/h2-7,9H,1H3. The van der Waals surface area contributed by atoms with Crippen LogP contribution in [0.25, 0.3) is 0 Å². The maximum atomic E-state index is 8.65. The third-order valence-electron chi connectivity index (χ3n) is 2.11. The second-order valence-electron chi connectivity index (χ2n) is 3.41. The van der Waals surface area contributed by atoms with E-state index in [2.05, 4.69) is 42.2 Å². The summed E-state index contributed by atoms with van der Waals surface area (Å²) in [5.74, 6) is 0. The molecule has 0 saturated heterocycles. The van der Waals surface area contributed by atoms with Crippen molar-refractivity contribution < 1.29 is 0 Å². The minimum Gasteiger partial charge on any atom is -0.248 e. The number of hydrogen-bond donors (Lipinski definition) is 0. The molecule has 1 aromatic carbocycles. The molecule has 0 atom stereocenters. The highest BCUT2D eigenvalue weighted by Gasteiger charge is 1.98. The Labute approximate surface area is 99.0 Å². The number of pyridine rings is 1. The second-order valence-corrected chi connectivity index (χ2v) is 4.51. The van der Waals surface area contributed by atoms with Gasteiger partial charge in [0.25, 0.3) is 0 Å². The molecular formula is C13H10N2S. The first-order valence-corrected chi connectivity index (χ1v) is 5.70. The molecule has 1 aromatic heterocycles. The molecule has 0 spiro atoms. The van der Waals surface area contributed by atoms with E-state index in [0.29, 0.717) is 5.56 Å². The Balaban J connectivity index is 2.15. The van der Waals surface area contributed by atoms with Crippen LogP contribution in [0.2, 0.25) is 0 Å². The van der Waals surface area contributed by atoms with E-state index in [4.69, 9.17) is 5.26 Å². The van der Waals surface area contributed by atoms with Crippen molar-refractivity contribution in [3.05, 3.63) is 53.7 Å². The highest BCUT2D eigenvalue weighted by Crippen LogP contribution is 2.25. The van der Waals surface area contributed by atoms with Crippen LogP contribution in [0.15, 0.2) is 52.5 Å². The van der Waals surface area contributed by atoms with Gasteiger partial charge in [-0.25, -0.2) is 4.98 Å². The molecular weight excluding hydrogens is 216 g/mol. The van der Waals surface area contributed by atoms with Gasteiger partial charge < -0.3 is 0 Å². The lowest BCUT2D eigenvalue weighted by molar-refractivity contribution is 1.12. The Morgan fingerprint density at radius 3 is 2.44 bits per heavy atom. The molecule has 2 nitrogen and oxygen atoms in total. The normalized spacial score (nSPS) is 9.75. The fourth-order valence-electron chi connectivity index (χ4n) is 1.23. The van der Waals surface area contributed by atoms with E-state index < -0.39 is 0 Å². The Morgan fingerprint density at radius 2 is 1.88 bits per heavy atom. The smallest absolute Gasteiger partial charge is 0.101 e. The van der Waals surface area contributed by atoms with Gasteiger partial charge >= 0.3 is 0 Å². The summed E-state index contributed by atoms with van der Waals surface area (Å²) in [5, 5.41) is 9.56. The van der Waals surface area contributed by atoms with Crippen molar-refractivity contribution in [3.63, 3.8) is 0 Å². The third-order valence-corrected chi connectivity index (χ3v) is 3.07. The fourth-order valence-corrected chi connectivity index (χ4v) is 1.99. The minimum atomic E-state index is 0.591. The minimum absolute atomic E-state index is 0.591. The molecule has 0 amide bonds. The molecule has 2 aromatic rings. The van der Waals surface area contributed by atoms with Crippen molar-refractivity contribution in [1.29, 1.82) is 5.26 Å². The lowest BCUT2D eigenvalue weighted by Gasteiger charge is -2.00. The van der Waals surface area contributed by atoms with Crippen LogP contribution in [0.1, 0.15) is 11.1 Å². The van der Waals surface area contributed by atoms with Crippen LogP contribution in [0.5, 0.6) is 0 Å². The average molecular weight is 226 g/mol. The van der Waals surface area contributed by atoms with E-state index in [0.717, 1.165) is 9.92 Å². The van der Waals surface area contributed by atoms with Crippen molar-refractivity contribution in [1.82, 2.24) is 4.98 Å². The fraction of sp³-hybridized carbons (Fsp3) is 0.0769. The van der Waals surface area contributed by atoms with E-state index in [1.54, 1.807) is 24.0 Å². The van der Waals surface area contributed by atoms with E-state index in [-0.39, 0.29) is 0 Å². The van der Waals surface area contributed by atoms with Gasteiger partial charge in [0, 0.05) is 11.1 Å². The number of aryl methyl sites for hydroxylation is 1. The lowest BCUT2D eigenvalue weighted by Crippen LogP contribution is -1.81. The van der Waals surface area contributed by atoms with Crippen molar-refractivity contribution in [2.45, 2.75) is 16.8 Å². The molecule has 2 rings (SSSR count). The number of hydrogen-bond acceptors (Lipinski definition) is 3.